The predicted molar refractivity (Wildman–Crippen MR) is 121 cm³/mol. The molecule has 3 amide bonds. The van der Waals surface area contributed by atoms with E-state index in [1.54, 1.807) is 12.1 Å². The van der Waals surface area contributed by atoms with Crippen molar-refractivity contribution in [3.63, 3.8) is 0 Å². The van der Waals surface area contributed by atoms with Crippen LogP contribution in [0.25, 0.3) is 0 Å². The lowest BCUT2D eigenvalue weighted by molar-refractivity contribution is -0.142. The number of nitrogens with zero attached hydrogens (tertiary/aromatic N) is 1. The molecule has 12 heteroatoms. The van der Waals surface area contributed by atoms with Gasteiger partial charge in [-0.25, -0.2) is 13.1 Å². The standard InChI is InChI=1S/C22H26N4O7S/c1-3-12-33-20(28)14-25-22(30)19-9-6-17(13-24-19)21(29)26-34(31,32)18-7-4-16(5-8-18)10-11-23-15(2)27/h4-9,13H,3,10-12,14H2,1-2H3,(H,23,27)(H,25,30)(H,26,29). The third kappa shape index (κ3) is 8.28. The molecule has 3 N–H and O–H groups in total. The van der Waals surface area contributed by atoms with Crippen molar-refractivity contribution in [2.24, 2.45) is 0 Å². The molecule has 1 aromatic heterocycles. The average Bonchev–Trinajstić information content (AvgIpc) is 2.81. The highest BCUT2D eigenvalue weighted by atomic mass is 32.2. The van der Waals surface area contributed by atoms with Gasteiger partial charge in [-0.1, -0.05) is 19.1 Å². The van der Waals surface area contributed by atoms with Crippen LogP contribution in [-0.2, 0) is 30.8 Å². The van der Waals surface area contributed by atoms with E-state index in [1.807, 2.05) is 11.6 Å². The molecule has 11 nitrogen and oxygen atoms in total. The van der Waals surface area contributed by atoms with Crippen LogP contribution in [0.15, 0.2) is 47.5 Å². The minimum atomic E-state index is -4.14. The van der Waals surface area contributed by atoms with Crippen LogP contribution >= 0.6 is 0 Å². The Hall–Kier alpha value is -3.80. The van der Waals surface area contributed by atoms with E-state index in [1.165, 1.54) is 31.2 Å². The highest BCUT2D eigenvalue weighted by Crippen LogP contribution is 2.12. The number of benzene rings is 1. The van der Waals surface area contributed by atoms with Crippen molar-refractivity contribution in [3.05, 3.63) is 59.4 Å². The van der Waals surface area contributed by atoms with E-state index in [2.05, 4.69) is 15.6 Å². The van der Waals surface area contributed by atoms with E-state index < -0.39 is 27.8 Å². The number of rotatable bonds is 11. The van der Waals surface area contributed by atoms with Gasteiger partial charge in [-0.3, -0.25) is 24.2 Å². The summed E-state index contributed by atoms with van der Waals surface area (Å²) in [6.07, 6.45) is 2.24. The Morgan fingerprint density at radius 3 is 2.26 bits per heavy atom. The van der Waals surface area contributed by atoms with E-state index in [9.17, 15) is 27.6 Å². The first-order valence-corrected chi connectivity index (χ1v) is 11.9. The van der Waals surface area contributed by atoms with Crippen LogP contribution in [0.5, 0.6) is 0 Å². The van der Waals surface area contributed by atoms with Crippen molar-refractivity contribution in [1.29, 1.82) is 0 Å². The second kappa shape index (κ2) is 12.4. The van der Waals surface area contributed by atoms with Crippen LogP contribution in [-0.4, -0.2) is 56.8 Å². The molecule has 2 rings (SSSR count). The van der Waals surface area contributed by atoms with E-state index in [0.717, 1.165) is 11.8 Å². The average molecular weight is 491 g/mol. The number of carbonyl (C=O) groups is 4. The molecule has 34 heavy (non-hydrogen) atoms. The Bertz CT molecular complexity index is 1130. The number of aromatic nitrogens is 1. The third-order valence-corrected chi connectivity index (χ3v) is 5.71. The molecule has 0 atom stereocenters. The molecule has 0 saturated carbocycles. The van der Waals surface area contributed by atoms with Gasteiger partial charge in [0.05, 0.1) is 17.1 Å². The van der Waals surface area contributed by atoms with Crippen LogP contribution in [0.4, 0.5) is 0 Å². The lowest BCUT2D eigenvalue weighted by atomic mass is 10.1. The molecule has 0 aliphatic rings. The summed E-state index contributed by atoms with van der Waals surface area (Å²) in [7, 11) is -4.14. The number of hydrogen-bond acceptors (Lipinski definition) is 8. The fraction of sp³-hybridized carbons (Fsp3) is 0.318. The predicted octanol–water partition coefficient (Wildman–Crippen LogP) is 0.562. The number of esters is 1. The molecule has 0 spiro atoms. The minimum absolute atomic E-state index is 0.0578. The van der Waals surface area contributed by atoms with Gasteiger partial charge in [0.25, 0.3) is 21.8 Å². The fourth-order valence-corrected chi connectivity index (χ4v) is 3.60. The topological polar surface area (TPSA) is 161 Å². The first-order valence-electron chi connectivity index (χ1n) is 10.4. The lowest BCUT2D eigenvalue weighted by Crippen LogP contribution is -2.32. The molecule has 1 aromatic carbocycles. The van der Waals surface area contributed by atoms with Gasteiger partial charge in [-0.2, -0.15) is 0 Å². The van der Waals surface area contributed by atoms with Gasteiger partial charge in [-0.15, -0.1) is 0 Å². The van der Waals surface area contributed by atoms with Gasteiger partial charge in [0.1, 0.15) is 12.2 Å². The summed E-state index contributed by atoms with van der Waals surface area (Å²) in [6.45, 7) is 3.59. The molecule has 0 fully saturated rings. The second-order valence-corrected chi connectivity index (χ2v) is 8.83. The maximum Gasteiger partial charge on any atom is 0.325 e. The van der Waals surface area contributed by atoms with E-state index in [0.29, 0.717) is 19.4 Å². The van der Waals surface area contributed by atoms with Crippen LogP contribution in [0, 0.1) is 0 Å². The number of amides is 3. The molecule has 0 unspecified atom stereocenters. The highest BCUT2D eigenvalue weighted by molar-refractivity contribution is 7.90. The quantitative estimate of drug-likeness (QED) is 0.385. The Kier molecular flexibility index (Phi) is 9.68. The molecule has 0 aliphatic carbocycles. The number of pyridine rings is 1. The molecular formula is C22H26N4O7S. The summed E-state index contributed by atoms with van der Waals surface area (Å²) in [5.41, 5.74) is 0.683. The lowest BCUT2D eigenvalue weighted by Gasteiger charge is -2.09. The molecule has 0 saturated heterocycles. The highest BCUT2D eigenvalue weighted by Gasteiger charge is 2.19. The number of ether oxygens (including phenoxy) is 1. The fourth-order valence-electron chi connectivity index (χ4n) is 2.63. The van der Waals surface area contributed by atoms with Crippen LogP contribution in [0.1, 0.15) is 46.7 Å². The zero-order chi connectivity index (χ0) is 25.1. The van der Waals surface area contributed by atoms with E-state index >= 15 is 0 Å². The molecule has 0 bridgehead atoms. The van der Waals surface area contributed by atoms with E-state index in [4.69, 9.17) is 4.74 Å². The van der Waals surface area contributed by atoms with E-state index in [-0.39, 0.29) is 35.2 Å². The van der Waals surface area contributed by atoms with Gasteiger partial charge >= 0.3 is 5.97 Å². The van der Waals surface area contributed by atoms with Crippen LogP contribution in [0.3, 0.4) is 0 Å². The number of carbonyl (C=O) groups excluding carboxylic acids is 4. The number of hydrogen-bond donors (Lipinski definition) is 3. The van der Waals surface area contributed by atoms with Crippen molar-refractivity contribution < 1.29 is 32.3 Å². The summed E-state index contributed by atoms with van der Waals surface area (Å²) < 4.78 is 31.8. The first-order chi connectivity index (χ1) is 16.1. The van der Waals surface area contributed by atoms with Gasteiger partial charge in [0.2, 0.25) is 5.91 Å². The summed E-state index contributed by atoms with van der Waals surface area (Å²) in [4.78, 5) is 50.5. The Labute approximate surface area is 197 Å². The zero-order valence-electron chi connectivity index (χ0n) is 18.8. The smallest absolute Gasteiger partial charge is 0.325 e. The van der Waals surface area contributed by atoms with Crippen molar-refractivity contribution in [2.45, 2.75) is 31.6 Å². The van der Waals surface area contributed by atoms with Crippen LogP contribution in [0.2, 0.25) is 0 Å². The molecule has 2 aromatic rings. The zero-order valence-corrected chi connectivity index (χ0v) is 19.6. The monoisotopic (exact) mass is 490 g/mol. The summed E-state index contributed by atoms with van der Waals surface area (Å²) >= 11 is 0. The SMILES string of the molecule is CCCOC(=O)CNC(=O)c1ccc(C(=O)NS(=O)(=O)c2ccc(CCNC(C)=O)cc2)cn1. The maximum atomic E-state index is 12.5. The van der Waals surface area contributed by atoms with Gasteiger partial charge in [0.15, 0.2) is 0 Å². The first kappa shape index (κ1) is 26.5. The largest absolute Gasteiger partial charge is 0.464 e. The maximum absolute atomic E-state index is 12.5. The molecular weight excluding hydrogens is 464 g/mol. The molecule has 182 valence electrons. The van der Waals surface area contributed by atoms with Crippen molar-refractivity contribution in [2.75, 3.05) is 19.7 Å². The minimum Gasteiger partial charge on any atom is -0.464 e. The molecule has 0 radical (unpaired) electrons. The normalized spacial score (nSPS) is 10.8. The Morgan fingerprint density at radius 2 is 1.68 bits per heavy atom. The second-order valence-electron chi connectivity index (χ2n) is 7.15. The molecule has 1 heterocycles. The van der Waals surface area contributed by atoms with Crippen LogP contribution < -0.4 is 15.4 Å². The van der Waals surface area contributed by atoms with Gasteiger partial charge in [0, 0.05) is 19.7 Å². The van der Waals surface area contributed by atoms with Gasteiger partial charge < -0.3 is 15.4 Å². The third-order valence-electron chi connectivity index (χ3n) is 4.37. The van der Waals surface area contributed by atoms with Crippen molar-refractivity contribution in [1.82, 2.24) is 20.3 Å². The number of sulfonamides is 1. The summed E-state index contributed by atoms with van der Waals surface area (Å²) in [6, 6.07) is 8.37. The number of nitrogens with one attached hydrogen (secondary N) is 3. The Morgan fingerprint density at radius 1 is 0.971 bits per heavy atom. The molecule has 0 aliphatic heterocycles. The summed E-state index contributed by atoms with van der Waals surface area (Å²) in [5.74, 6) is -2.31. The summed E-state index contributed by atoms with van der Waals surface area (Å²) in [5, 5.41) is 4.99. The Balaban J connectivity index is 1.94. The van der Waals surface area contributed by atoms with Gasteiger partial charge in [-0.05, 0) is 42.7 Å². The van der Waals surface area contributed by atoms with Crippen molar-refractivity contribution in [3.8, 4) is 0 Å². The van der Waals surface area contributed by atoms with Crippen molar-refractivity contribution >= 4 is 33.7 Å².